The van der Waals surface area contributed by atoms with E-state index in [1.165, 1.54) is 0 Å². The van der Waals surface area contributed by atoms with E-state index < -0.39 is 0 Å². The Hall–Kier alpha value is -1.76. The third kappa shape index (κ3) is 1.73. The molecule has 2 aromatic heterocycles. The highest BCUT2D eigenvalue weighted by Gasteiger charge is 2.10. The molecule has 0 saturated carbocycles. The van der Waals surface area contributed by atoms with Crippen LogP contribution in [0.3, 0.4) is 0 Å². The van der Waals surface area contributed by atoms with Gasteiger partial charge in [-0.2, -0.15) is 0 Å². The summed E-state index contributed by atoms with van der Waals surface area (Å²) in [6.07, 6.45) is 0. The lowest BCUT2D eigenvalue weighted by atomic mass is 10.4. The lowest BCUT2D eigenvalue weighted by Gasteiger charge is -2.01. The van der Waals surface area contributed by atoms with Crippen molar-refractivity contribution in [2.24, 2.45) is 0 Å². The molecule has 0 fully saturated rings. The Labute approximate surface area is 86.3 Å². The Morgan fingerprint density at radius 2 is 2.20 bits per heavy atom. The summed E-state index contributed by atoms with van der Waals surface area (Å²) in [5.41, 5.74) is 6.89. The van der Waals surface area contributed by atoms with Crippen molar-refractivity contribution in [2.75, 3.05) is 19.5 Å². The van der Waals surface area contributed by atoms with Crippen LogP contribution in [-0.2, 0) is 11.3 Å². The minimum atomic E-state index is 0.362. The third-order valence-electron chi connectivity index (χ3n) is 2.01. The first kappa shape index (κ1) is 9.78. The lowest BCUT2D eigenvalue weighted by Crippen LogP contribution is -2.07. The summed E-state index contributed by atoms with van der Waals surface area (Å²) in [7, 11) is 1.63. The second-order valence-corrected chi connectivity index (χ2v) is 3.13. The molecule has 2 heterocycles. The van der Waals surface area contributed by atoms with Gasteiger partial charge in [-0.15, -0.1) is 5.10 Å². The molecule has 0 aliphatic rings. The van der Waals surface area contributed by atoms with Crippen LogP contribution in [0.5, 0.6) is 0 Å². The summed E-state index contributed by atoms with van der Waals surface area (Å²) in [5.74, 6) is 0.974. The van der Waals surface area contributed by atoms with Crippen molar-refractivity contribution in [3.8, 4) is 0 Å². The van der Waals surface area contributed by atoms with E-state index in [-0.39, 0.29) is 0 Å². The molecular weight excluding hydrogens is 196 g/mol. The Kier molecular flexibility index (Phi) is 2.46. The average Bonchev–Trinajstić information content (AvgIpc) is 2.58. The number of fused-ring (bicyclic) bond motifs is 1. The van der Waals surface area contributed by atoms with Crippen molar-refractivity contribution in [3.63, 3.8) is 0 Å². The molecule has 0 bridgehead atoms. The molecule has 7 heteroatoms. The molecule has 0 saturated heterocycles. The van der Waals surface area contributed by atoms with Gasteiger partial charge >= 0.3 is 0 Å². The van der Waals surface area contributed by atoms with Crippen LogP contribution in [0.25, 0.3) is 11.2 Å². The van der Waals surface area contributed by atoms with E-state index in [1.807, 2.05) is 0 Å². The smallest absolute Gasteiger partial charge is 0.184 e. The van der Waals surface area contributed by atoms with E-state index in [9.17, 15) is 0 Å². The summed E-state index contributed by atoms with van der Waals surface area (Å²) in [6.45, 7) is 2.94. The highest BCUT2D eigenvalue weighted by atomic mass is 16.5. The first-order valence-corrected chi connectivity index (χ1v) is 4.54. The second kappa shape index (κ2) is 3.77. The fourth-order valence-corrected chi connectivity index (χ4v) is 1.32. The maximum Gasteiger partial charge on any atom is 0.184 e. The fraction of sp³-hybridized carbons (Fsp3) is 0.500. The maximum atomic E-state index is 5.70. The van der Waals surface area contributed by atoms with Gasteiger partial charge in [0.25, 0.3) is 0 Å². The number of hydrogen-bond donors (Lipinski definition) is 1. The largest absolute Gasteiger partial charge is 0.383 e. The zero-order valence-corrected chi connectivity index (χ0v) is 8.64. The first-order valence-electron chi connectivity index (χ1n) is 4.54. The predicted molar refractivity (Wildman–Crippen MR) is 54.1 cm³/mol. The number of nitrogen functional groups attached to an aromatic ring is 1. The maximum absolute atomic E-state index is 5.70. The minimum absolute atomic E-state index is 0.362. The van der Waals surface area contributed by atoms with Gasteiger partial charge in [0.2, 0.25) is 0 Å². The Bertz CT molecular complexity index is 479. The van der Waals surface area contributed by atoms with Crippen molar-refractivity contribution in [3.05, 3.63) is 5.82 Å². The number of hydrogen-bond acceptors (Lipinski definition) is 6. The van der Waals surface area contributed by atoms with Crippen LogP contribution in [-0.4, -0.2) is 38.7 Å². The lowest BCUT2D eigenvalue weighted by molar-refractivity contribution is 0.184. The van der Waals surface area contributed by atoms with Crippen LogP contribution in [0, 0.1) is 6.92 Å². The number of rotatable bonds is 3. The summed E-state index contributed by atoms with van der Waals surface area (Å²) in [5, 5.41) is 7.86. The number of aromatic nitrogens is 5. The van der Waals surface area contributed by atoms with Crippen LogP contribution in [0.4, 0.5) is 5.82 Å². The van der Waals surface area contributed by atoms with Gasteiger partial charge in [-0.3, -0.25) is 0 Å². The topological polar surface area (TPSA) is 91.7 Å². The molecule has 0 spiro atoms. The van der Waals surface area contributed by atoms with Crippen LogP contribution in [0.1, 0.15) is 5.82 Å². The van der Waals surface area contributed by atoms with E-state index in [2.05, 4.69) is 20.3 Å². The first-order chi connectivity index (χ1) is 7.22. The molecule has 0 amide bonds. The summed E-state index contributed by atoms with van der Waals surface area (Å²) in [6, 6.07) is 0. The number of nitrogens with zero attached hydrogens (tertiary/aromatic N) is 5. The highest BCUT2D eigenvalue weighted by molar-refractivity contribution is 5.80. The minimum Gasteiger partial charge on any atom is -0.383 e. The number of methoxy groups -OCH3 is 1. The normalized spacial score (nSPS) is 11.1. The van der Waals surface area contributed by atoms with Gasteiger partial charge in [0.15, 0.2) is 17.0 Å². The number of aryl methyl sites for hydroxylation is 1. The quantitative estimate of drug-likeness (QED) is 0.748. The Morgan fingerprint density at radius 3 is 2.93 bits per heavy atom. The number of ether oxygens (including phenoxy) is 1. The van der Waals surface area contributed by atoms with E-state index in [0.717, 1.165) is 0 Å². The molecule has 2 rings (SSSR count). The molecule has 0 aliphatic heterocycles. The molecule has 0 aromatic carbocycles. The van der Waals surface area contributed by atoms with Crippen LogP contribution in [0.15, 0.2) is 0 Å². The van der Waals surface area contributed by atoms with Crippen molar-refractivity contribution >= 4 is 17.0 Å². The molecule has 0 radical (unpaired) electrons. The Balaban J connectivity index is 2.49. The van der Waals surface area contributed by atoms with Crippen LogP contribution >= 0.6 is 0 Å². The number of anilines is 1. The number of nitrogens with two attached hydrogens (primary N) is 1. The van der Waals surface area contributed by atoms with E-state index in [0.29, 0.717) is 36.0 Å². The summed E-state index contributed by atoms with van der Waals surface area (Å²) in [4.78, 5) is 8.26. The molecule has 2 aromatic rings. The zero-order chi connectivity index (χ0) is 10.8. The van der Waals surface area contributed by atoms with Gasteiger partial charge in [-0.1, -0.05) is 5.21 Å². The Morgan fingerprint density at radius 1 is 1.40 bits per heavy atom. The second-order valence-electron chi connectivity index (χ2n) is 3.13. The van der Waals surface area contributed by atoms with Gasteiger partial charge in [0.1, 0.15) is 5.82 Å². The van der Waals surface area contributed by atoms with E-state index in [1.54, 1.807) is 18.7 Å². The summed E-state index contributed by atoms with van der Waals surface area (Å²) < 4.78 is 6.62. The van der Waals surface area contributed by atoms with Gasteiger partial charge in [-0.25, -0.2) is 14.6 Å². The summed E-state index contributed by atoms with van der Waals surface area (Å²) >= 11 is 0. The molecular formula is C8H12N6O. The molecule has 15 heavy (non-hydrogen) atoms. The van der Waals surface area contributed by atoms with Crippen molar-refractivity contribution in [1.82, 2.24) is 25.0 Å². The molecule has 0 aliphatic carbocycles. The third-order valence-corrected chi connectivity index (χ3v) is 2.01. The average molecular weight is 208 g/mol. The van der Waals surface area contributed by atoms with Crippen LogP contribution in [0.2, 0.25) is 0 Å². The zero-order valence-electron chi connectivity index (χ0n) is 8.64. The molecule has 2 N–H and O–H groups in total. The molecule has 0 atom stereocenters. The standard InChI is InChI=1S/C8H12N6O/c1-5-10-7(9)6-8(11-5)14(13-12-6)3-4-15-2/h3-4H2,1-2H3,(H2,9,10,11). The molecule has 0 unspecified atom stereocenters. The molecule has 80 valence electrons. The van der Waals surface area contributed by atoms with Crippen molar-refractivity contribution in [2.45, 2.75) is 13.5 Å². The fourth-order valence-electron chi connectivity index (χ4n) is 1.32. The monoisotopic (exact) mass is 208 g/mol. The van der Waals surface area contributed by atoms with Gasteiger partial charge in [0.05, 0.1) is 13.2 Å². The van der Waals surface area contributed by atoms with Crippen molar-refractivity contribution < 1.29 is 4.74 Å². The predicted octanol–water partition coefficient (Wildman–Crippen LogP) is -0.242. The van der Waals surface area contributed by atoms with Gasteiger partial charge in [-0.05, 0) is 6.92 Å². The van der Waals surface area contributed by atoms with Crippen molar-refractivity contribution in [1.29, 1.82) is 0 Å². The van der Waals surface area contributed by atoms with Crippen LogP contribution < -0.4 is 5.73 Å². The highest BCUT2D eigenvalue weighted by Crippen LogP contribution is 2.13. The molecule has 7 nitrogen and oxygen atoms in total. The van der Waals surface area contributed by atoms with Gasteiger partial charge in [0, 0.05) is 7.11 Å². The van der Waals surface area contributed by atoms with E-state index >= 15 is 0 Å². The van der Waals surface area contributed by atoms with E-state index in [4.69, 9.17) is 10.5 Å². The SMILES string of the molecule is COCCn1nnc2c(N)nc(C)nc21. The van der Waals surface area contributed by atoms with Gasteiger partial charge < -0.3 is 10.5 Å².